The standard InChI is InChI=1S/C19H15F2NO4/c1-11-3-5-12(6-4-11)9-14-18(23)26-17(22-14)13-7-8-15(25-19(20)21)16(10-13)24-2/h3-10,19H,1-2H3. The molecule has 5 nitrogen and oxygen atoms in total. The Kier molecular flexibility index (Phi) is 4.97. The van der Waals surface area contributed by atoms with Crippen molar-refractivity contribution in [1.82, 2.24) is 0 Å². The molecule has 2 aromatic carbocycles. The lowest BCUT2D eigenvalue weighted by Crippen LogP contribution is -2.07. The van der Waals surface area contributed by atoms with Crippen LogP contribution in [0.15, 0.2) is 53.2 Å². The SMILES string of the molecule is COc1cc(C2=NC(=Cc3ccc(C)cc3)C(=O)O2)ccc1OC(F)F. The highest BCUT2D eigenvalue weighted by atomic mass is 19.3. The van der Waals surface area contributed by atoms with Crippen molar-refractivity contribution < 1.29 is 27.8 Å². The quantitative estimate of drug-likeness (QED) is 0.599. The molecule has 0 bridgehead atoms. The average molecular weight is 359 g/mol. The first-order chi connectivity index (χ1) is 12.5. The highest BCUT2D eigenvalue weighted by molar-refractivity contribution is 6.13. The number of halogens is 2. The van der Waals surface area contributed by atoms with Crippen molar-refractivity contribution in [2.75, 3.05) is 7.11 Å². The first kappa shape index (κ1) is 17.6. The summed E-state index contributed by atoms with van der Waals surface area (Å²) in [4.78, 5) is 16.2. The normalized spacial score (nSPS) is 15.2. The van der Waals surface area contributed by atoms with Crippen molar-refractivity contribution in [3.63, 3.8) is 0 Å². The Balaban J connectivity index is 1.90. The molecule has 0 aromatic heterocycles. The lowest BCUT2D eigenvalue weighted by molar-refractivity contribution is -0.129. The number of benzene rings is 2. The van der Waals surface area contributed by atoms with Crippen molar-refractivity contribution in [2.45, 2.75) is 13.5 Å². The Morgan fingerprint density at radius 1 is 1.12 bits per heavy atom. The molecule has 0 saturated heterocycles. The topological polar surface area (TPSA) is 57.1 Å². The Bertz CT molecular complexity index is 889. The van der Waals surface area contributed by atoms with E-state index >= 15 is 0 Å². The maximum Gasteiger partial charge on any atom is 0.387 e. The van der Waals surface area contributed by atoms with Gasteiger partial charge in [-0.1, -0.05) is 29.8 Å². The number of methoxy groups -OCH3 is 1. The highest BCUT2D eigenvalue weighted by Gasteiger charge is 2.25. The van der Waals surface area contributed by atoms with E-state index in [0.717, 1.165) is 11.1 Å². The van der Waals surface area contributed by atoms with Gasteiger partial charge in [0, 0.05) is 5.56 Å². The van der Waals surface area contributed by atoms with Crippen LogP contribution in [0.4, 0.5) is 8.78 Å². The average Bonchev–Trinajstić information content (AvgIpc) is 2.97. The van der Waals surface area contributed by atoms with Gasteiger partial charge in [-0.2, -0.15) is 8.78 Å². The van der Waals surface area contributed by atoms with Gasteiger partial charge >= 0.3 is 12.6 Å². The van der Waals surface area contributed by atoms with Crippen LogP contribution in [0.25, 0.3) is 6.08 Å². The van der Waals surface area contributed by atoms with Crippen LogP contribution in [0.1, 0.15) is 16.7 Å². The van der Waals surface area contributed by atoms with Crippen LogP contribution >= 0.6 is 0 Å². The van der Waals surface area contributed by atoms with Crippen molar-refractivity contribution in [3.8, 4) is 11.5 Å². The van der Waals surface area contributed by atoms with E-state index in [4.69, 9.17) is 9.47 Å². The van der Waals surface area contributed by atoms with Crippen LogP contribution in [-0.2, 0) is 9.53 Å². The van der Waals surface area contributed by atoms with Gasteiger partial charge in [-0.25, -0.2) is 9.79 Å². The molecule has 0 unspecified atom stereocenters. The second-order valence-corrected chi connectivity index (χ2v) is 5.49. The van der Waals surface area contributed by atoms with E-state index in [1.807, 2.05) is 31.2 Å². The van der Waals surface area contributed by atoms with Gasteiger partial charge in [-0.3, -0.25) is 0 Å². The minimum atomic E-state index is -2.97. The summed E-state index contributed by atoms with van der Waals surface area (Å²) in [6.45, 7) is -1.01. The number of aliphatic imine (C=N–C) groups is 1. The number of carbonyl (C=O) groups excluding carboxylic acids is 1. The van der Waals surface area contributed by atoms with Gasteiger partial charge in [0.05, 0.1) is 7.11 Å². The monoisotopic (exact) mass is 359 g/mol. The number of esters is 1. The fourth-order valence-electron chi connectivity index (χ4n) is 2.35. The van der Waals surface area contributed by atoms with Crippen LogP contribution in [0, 0.1) is 6.92 Å². The van der Waals surface area contributed by atoms with Crippen LogP contribution in [-0.4, -0.2) is 25.6 Å². The Labute approximate surface area is 148 Å². The number of ether oxygens (including phenoxy) is 3. The molecule has 1 heterocycles. The third-order valence-corrected chi connectivity index (χ3v) is 3.63. The summed E-state index contributed by atoms with van der Waals surface area (Å²) in [7, 11) is 1.32. The summed E-state index contributed by atoms with van der Waals surface area (Å²) in [5, 5.41) is 0. The van der Waals surface area contributed by atoms with Gasteiger partial charge in [-0.05, 0) is 36.8 Å². The first-order valence-corrected chi connectivity index (χ1v) is 7.68. The molecule has 134 valence electrons. The first-order valence-electron chi connectivity index (χ1n) is 7.68. The largest absolute Gasteiger partial charge is 0.493 e. The molecule has 0 saturated carbocycles. The minimum Gasteiger partial charge on any atom is -0.493 e. The predicted octanol–water partition coefficient (Wildman–Crippen LogP) is 3.95. The maximum atomic E-state index is 12.4. The molecule has 0 fully saturated rings. The zero-order valence-corrected chi connectivity index (χ0v) is 14.0. The lowest BCUT2D eigenvalue weighted by atomic mass is 10.1. The zero-order chi connectivity index (χ0) is 18.7. The summed E-state index contributed by atoms with van der Waals surface area (Å²) >= 11 is 0. The molecule has 0 radical (unpaired) electrons. The number of cyclic esters (lactones) is 1. The Hall–Kier alpha value is -3.22. The predicted molar refractivity (Wildman–Crippen MR) is 91.4 cm³/mol. The fraction of sp³-hybridized carbons (Fsp3) is 0.158. The van der Waals surface area contributed by atoms with E-state index in [2.05, 4.69) is 9.73 Å². The highest BCUT2D eigenvalue weighted by Crippen LogP contribution is 2.31. The van der Waals surface area contributed by atoms with E-state index < -0.39 is 12.6 Å². The van der Waals surface area contributed by atoms with Gasteiger partial charge < -0.3 is 14.2 Å². The molecule has 1 aliphatic heterocycles. The molecule has 0 amide bonds. The summed E-state index contributed by atoms with van der Waals surface area (Å²) in [5.41, 5.74) is 2.47. The molecule has 7 heteroatoms. The number of hydrogen-bond donors (Lipinski definition) is 0. The summed E-state index contributed by atoms with van der Waals surface area (Å²) in [6.07, 6.45) is 1.61. The number of hydrogen-bond acceptors (Lipinski definition) is 5. The molecule has 26 heavy (non-hydrogen) atoms. The minimum absolute atomic E-state index is 0.0651. The van der Waals surface area contributed by atoms with Gasteiger partial charge in [0.25, 0.3) is 0 Å². The smallest absolute Gasteiger partial charge is 0.387 e. The molecule has 3 rings (SSSR count). The fourth-order valence-corrected chi connectivity index (χ4v) is 2.35. The maximum absolute atomic E-state index is 12.4. The number of rotatable bonds is 5. The van der Waals surface area contributed by atoms with E-state index in [0.29, 0.717) is 5.56 Å². The Morgan fingerprint density at radius 3 is 2.50 bits per heavy atom. The van der Waals surface area contributed by atoms with E-state index in [9.17, 15) is 13.6 Å². The molecular formula is C19H15F2NO4. The van der Waals surface area contributed by atoms with Crippen LogP contribution in [0.5, 0.6) is 11.5 Å². The number of nitrogens with zero attached hydrogens (tertiary/aromatic N) is 1. The van der Waals surface area contributed by atoms with Gasteiger partial charge in [0.15, 0.2) is 17.2 Å². The van der Waals surface area contributed by atoms with Crippen molar-refractivity contribution in [1.29, 1.82) is 0 Å². The van der Waals surface area contributed by atoms with E-state index in [-0.39, 0.29) is 23.1 Å². The molecular weight excluding hydrogens is 344 g/mol. The number of carbonyl (C=O) groups is 1. The third-order valence-electron chi connectivity index (χ3n) is 3.63. The van der Waals surface area contributed by atoms with E-state index in [1.54, 1.807) is 6.08 Å². The van der Waals surface area contributed by atoms with Gasteiger partial charge in [0.1, 0.15) is 0 Å². The van der Waals surface area contributed by atoms with Crippen LogP contribution < -0.4 is 9.47 Å². The summed E-state index contributed by atoms with van der Waals surface area (Å²) < 4.78 is 39.4. The number of aryl methyl sites for hydroxylation is 1. The van der Waals surface area contributed by atoms with Gasteiger partial charge in [0.2, 0.25) is 5.90 Å². The van der Waals surface area contributed by atoms with Crippen molar-refractivity contribution in [2.24, 2.45) is 4.99 Å². The second kappa shape index (κ2) is 7.35. The molecule has 0 N–H and O–H groups in total. The zero-order valence-electron chi connectivity index (χ0n) is 14.0. The second-order valence-electron chi connectivity index (χ2n) is 5.49. The molecule has 2 aromatic rings. The lowest BCUT2D eigenvalue weighted by Gasteiger charge is -2.10. The number of alkyl halides is 2. The Morgan fingerprint density at radius 2 is 1.85 bits per heavy atom. The third kappa shape index (κ3) is 3.88. The molecule has 1 aliphatic rings. The van der Waals surface area contributed by atoms with Crippen molar-refractivity contribution in [3.05, 3.63) is 64.9 Å². The van der Waals surface area contributed by atoms with Crippen molar-refractivity contribution >= 4 is 17.9 Å². The molecule has 0 spiro atoms. The summed E-state index contributed by atoms with van der Waals surface area (Å²) in [5.74, 6) is -0.563. The van der Waals surface area contributed by atoms with E-state index in [1.165, 1.54) is 25.3 Å². The summed E-state index contributed by atoms with van der Waals surface area (Å²) in [6, 6.07) is 11.7. The molecule has 0 aliphatic carbocycles. The van der Waals surface area contributed by atoms with Crippen LogP contribution in [0.2, 0.25) is 0 Å². The van der Waals surface area contributed by atoms with Crippen LogP contribution in [0.3, 0.4) is 0 Å². The van der Waals surface area contributed by atoms with Gasteiger partial charge in [-0.15, -0.1) is 0 Å². The molecule has 0 atom stereocenters.